The van der Waals surface area contributed by atoms with E-state index in [0.717, 1.165) is 11.1 Å². The first-order valence-electron chi connectivity index (χ1n) is 21.3. The van der Waals surface area contributed by atoms with Crippen LogP contribution in [0.1, 0.15) is 36.4 Å². The van der Waals surface area contributed by atoms with Crippen molar-refractivity contribution in [2.24, 2.45) is 20.5 Å². The zero-order chi connectivity index (χ0) is 52.7. The van der Waals surface area contributed by atoms with Crippen molar-refractivity contribution >= 4 is 134 Å². The van der Waals surface area contributed by atoms with Gasteiger partial charge >= 0.3 is 20.2 Å². The van der Waals surface area contributed by atoms with E-state index in [0.29, 0.717) is 0 Å². The van der Waals surface area contributed by atoms with Gasteiger partial charge in [-0.3, -0.25) is 9.11 Å². The molecule has 0 fully saturated rings. The molecule has 0 saturated carbocycles. The molecule has 8 aromatic rings. The van der Waals surface area contributed by atoms with Crippen LogP contribution in [0.25, 0.3) is 11.4 Å². The fourth-order valence-corrected chi connectivity index (χ4v) is 10.5. The van der Waals surface area contributed by atoms with Gasteiger partial charge in [0.2, 0.25) is 0 Å². The van der Waals surface area contributed by atoms with Crippen molar-refractivity contribution < 1.29 is 51.1 Å². The molecule has 378 valence electrons. The first-order valence-corrected chi connectivity index (χ1v) is 27.0. The minimum atomic E-state index is -4.52. The van der Waals surface area contributed by atoms with Crippen molar-refractivity contribution in [3.63, 3.8) is 0 Å². The van der Waals surface area contributed by atoms with E-state index in [1.54, 1.807) is 50.2 Å². The second-order valence-electron chi connectivity index (χ2n) is 16.5. The van der Waals surface area contributed by atoms with Gasteiger partial charge in [-0.2, -0.15) is 43.9 Å². The van der Waals surface area contributed by atoms with Crippen molar-refractivity contribution in [3.05, 3.63) is 168 Å². The molecule has 0 unspecified atom stereocenters. The fraction of sp³-hybridized carbons (Fsp3) is 0.106. The molecule has 0 saturated heterocycles. The van der Waals surface area contributed by atoms with Crippen LogP contribution < -0.4 is 19.8 Å². The van der Waals surface area contributed by atoms with Gasteiger partial charge in [0.1, 0.15) is 32.7 Å². The predicted octanol–water partition coefficient (Wildman–Crippen LogP) is 8.26. The van der Waals surface area contributed by atoms with E-state index in [1.165, 1.54) is 119 Å². The largest absolute Gasteiger partial charge is 0.382 e. The standard InChI is InChI=1S/C47H42N10O12S4.2Na/c1-29-43(45(48)56(54-29)33-11-9-13-37(27-33)70(58,59)60)52-50-39-15-5-7-17-41(39)72(64,65)68-35-23-19-31(20-24-35)47(3,4)32-21-25-36(26-22-32)69-73(66,67)42-18-8-6-16-40(42)51-53-44-30(2)55-57(46(44)49)34-12-10-14-38(28-34)71(61,62)63;;/h5-28H,48-49H2,1-4H3,(H,58,59,60)(H,61,62,63);;. The average Bonchev–Trinajstić information content (AvgIpc) is 3.80. The molecular weight excluding hydrogens is 1070 g/mol. The van der Waals surface area contributed by atoms with Crippen molar-refractivity contribution in [3.8, 4) is 22.9 Å². The molecule has 0 bridgehead atoms. The molecule has 8 rings (SSSR count). The van der Waals surface area contributed by atoms with Crippen molar-refractivity contribution in [1.82, 2.24) is 19.6 Å². The first-order chi connectivity index (χ1) is 34.3. The molecule has 0 spiro atoms. The van der Waals surface area contributed by atoms with E-state index < -0.39 is 45.9 Å². The van der Waals surface area contributed by atoms with Crippen LogP contribution in [0, 0.1) is 13.8 Å². The molecule has 6 N–H and O–H groups in total. The third-order valence-corrected chi connectivity index (χ3v) is 15.5. The minimum absolute atomic E-state index is 0. The van der Waals surface area contributed by atoms with Gasteiger partial charge < -0.3 is 19.8 Å². The normalized spacial score (nSPS) is 12.3. The van der Waals surface area contributed by atoms with Crippen molar-refractivity contribution in [2.45, 2.75) is 52.7 Å². The summed E-state index contributed by atoms with van der Waals surface area (Å²) in [6.07, 6.45) is 0. The smallest absolute Gasteiger partial charge is 0.341 e. The molecule has 0 aliphatic rings. The van der Waals surface area contributed by atoms with Crippen LogP contribution >= 0.6 is 0 Å². The zero-order valence-electron chi connectivity index (χ0n) is 40.7. The van der Waals surface area contributed by atoms with E-state index in [1.807, 2.05) is 13.8 Å². The van der Waals surface area contributed by atoms with Gasteiger partial charge in [0, 0.05) is 64.5 Å². The second kappa shape index (κ2) is 22.6. The maximum absolute atomic E-state index is 13.7. The molecule has 2 radical (unpaired) electrons. The van der Waals surface area contributed by atoms with Gasteiger partial charge in [0.15, 0.2) is 23.0 Å². The Morgan fingerprint density at radius 2 is 0.840 bits per heavy atom. The Hall–Kier alpha value is -6.14. The van der Waals surface area contributed by atoms with Crippen LogP contribution in [0.5, 0.6) is 11.5 Å². The Kier molecular flexibility index (Phi) is 17.5. The van der Waals surface area contributed by atoms with Gasteiger partial charge in [-0.05, 0) is 110 Å². The molecule has 0 atom stereocenters. The number of nitrogens with zero attached hydrogens (tertiary/aromatic N) is 8. The molecule has 75 heavy (non-hydrogen) atoms. The minimum Gasteiger partial charge on any atom is -0.382 e. The summed E-state index contributed by atoms with van der Waals surface area (Å²) in [5, 5.41) is 25.3. The number of hydrogen-bond acceptors (Lipinski definition) is 18. The molecule has 22 nitrogen and oxygen atoms in total. The molecule has 0 aliphatic carbocycles. The SMILES string of the molecule is Cc1nn(-c2cccc(S(=O)(=O)O)c2)c(N)c1N=Nc1ccccc1S(=O)(=O)Oc1ccc(C(C)(C)c2ccc(OS(=O)(=O)c3ccccc3N=Nc3c(C)nn(-c4cccc(S(=O)(=O)O)c4)c3N)cc2)cc1.[Na].[Na]. The molecule has 0 amide bonds. The number of nitrogens with two attached hydrogens (primary N) is 2. The third-order valence-electron chi connectivity index (χ3n) is 11.2. The monoisotopic (exact) mass is 1110 g/mol. The molecule has 6 aromatic carbocycles. The van der Waals surface area contributed by atoms with Crippen LogP contribution in [-0.2, 0) is 45.9 Å². The van der Waals surface area contributed by atoms with Gasteiger partial charge in [0.25, 0.3) is 20.2 Å². The number of aryl methyl sites for hydroxylation is 2. The molecule has 0 aliphatic heterocycles. The number of aromatic nitrogens is 4. The Balaban J connectivity index is 0.00000457. The predicted molar refractivity (Wildman–Crippen MR) is 278 cm³/mol. The number of azo groups is 2. The summed E-state index contributed by atoms with van der Waals surface area (Å²) in [6, 6.07) is 34.7. The van der Waals surface area contributed by atoms with Gasteiger partial charge in [-0.15, -0.1) is 20.5 Å². The summed E-state index contributed by atoms with van der Waals surface area (Å²) >= 11 is 0. The van der Waals surface area contributed by atoms with E-state index >= 15 is 0 Å². The quantitative estimate of drug-likeness (QED) is 0.0306. The Bertz CT molecular complexity index is 3730. The molecule has 2 heterocycles. The number of hydrogen-bond donors (Lipinski definition) is 4. The number of rotatable bonds is 16. The summed E-state index contributed by atoms with van der Waals surface area (Å²) in [7, 11) is -18.0. The topological polar surface area (TPSA) is 333 Å². The van der Waals surface area contributed by atoms with Crippen LogP contribution in [0.2, 0.25) is 0 Å². The van der Waals surface area contributed by atoms with Crippen LogP contribution in [-0.4, -0.2) is 121 Å². The Morgan fingerprint density at radius 1 is 0.493 bits per heavy atom. The van der Waals surface area contributed by atoms with Crippen LogP contribution in [0.4, 0.5) is 34.4 Å². The van der Waals surface area contributed by atoms with Gasteiger partial charge in [-0.1, -0.05) is 74.5 Å². The van der Waals surface area contributed by atoms with E-state index in [2.05, 4.69) is 30.7 Å². The van der Waals surface area contributed by atoms with Crippen LogP contribution in [0.3, 0.4) is 0 Å². The van der Waals surface area contributed by atoms with E-state index in [4.69, 9.17) is 19.8 Å². The van der Waals surface area contributed by atoms with Gasteiger partial charge in [0.05, 0.1) is 32.6 Å². The summed E-state index contributed by atoms with van der Waals surface area (Å²) < 4.78 is 134. The Morgan fingerprint density at radius 3 is 1.19 bits per heavy atom. The summed E-state index contributed by atoms with van der Waals surface area (Å²) in [5.74, 6) is -0.0919. The van der Waals surface area contributed by atoms with Crippen molar-refractivity contribution in [2.75, 3.05) is 11.5 Å². The Labute approximate surface area is 475 Å². The number of benzene rings is 6. The first kappa shape index (κ1) is 58.1. The maximum Gasteiger partial charge on any atom is 0.341 e. The van der Waals surface area contributed by atoms with E-state index in [9.17, 15) is 42.8 Å². The van der Waals surface area contributed by atoms with Crippen LogP contribution in [0.15, 0.2) is 186 Å². The summed E-state index contributed by atoms with van der Waals surface area (Å²) in [4.78, 5) is -1.37. The summed E-state index contributed by atoms with van der Waals surface area (Å²) in [6.45, 7) is 6.98. The average molecular weight is 1110 g/mol. The maximum atomic E-state index is 13.7. The van der Waals surface area contributed by atoms with Gasteiger partial charge in [-0.25, -0.2) is 9.36 Å². The molecule has 28 heteroatoms. The number of nitrogen functional groups attached to an aromatic ring is 2. The zero-order valence-corrected chi connectivity index (χ0v) is 48.0. The van der Waals surface area contributed by atoms with E-state index in [-0.39, 0.29) is 147 Å². The van der Waals surface area contributed by atoms with Crippen molar-refractivity contribution in [1.29, 1.82) is 0 Å². The third kappa shape index (κ3) is 12.8. The summed E-state index contributed by atoms with van der Waals surface area (Å²) in [5.41, 5.74) is 14.4. The second-order valence-corrected chi connectivity index (χ2v) is 22.4. The molecular formula is C47H42N10Na2O12S4. The number of anilines is 2. The fourth-order valence-electron chi connectivity index (χ4n) is 7.34. The molecule has 2 aromatic heterocycles.